The van der Waals surface area contributed by atoms with E-state index in [1.54, 1.807) is 11.8 Å². The molecule has 5 heteroatoms. The Morgan fingerprint density at radius 3 is 2.94 bits per heavy atom. The molecule has 1 aliphatic rings. The van der Waals surface area contributed by atoms with Crippen LogP contribution >= 0.6 is 11.8 Å². The third kappa shape index (κ3) is 3.22. The van der Waals surface area contributed by atoms with Crippen molar-refractivity contribution in [1.82, 2.24) is 10.3 Å². The van der Waals surface area contributed by atoms with Crippen molar-refractivity contribution in [3.63, 3.8) is 0 Å². The maximum absolute atomic E-state index is 13.0. The van der Waals surface area contributed by atoms with E-state index in [0.717, 1.165) is 19.3 Å². The number of pyridine rings is 1. The number of hydrogen-bond acceptors (Lipinski definition) is 3. The number of thioether (sulfide) groups is 1. The van der Waals surface area contributed by atoms with Gasteiger partial charge in [0, 0.05) is 11.3 Å². The summed E-state index contributed by atoms with van der Waals surface area (Å²) in [4.78, 5) is 15.6. The molecule has 1 fully saturated rings. The van der Waals surface area contributed by atoms with Gasteiger partial charge in [0.15, 0.2) is 0 Å². The van der Waals surface area contributed by atoms with E-state index in [0.29, 0.717) is 5.25 Å². The number of carbonyl (C=O) groups excluding carboxylic acids is 1. The fourth-order valence-electron chi connectivity index (χ4n) is 2.32. The second-order valence-electron chi connectivity index (χ2n) is 4.48. The van der Waals surface area contributed by atoms with Crippen LogP contribution in [0.5, 0.6) is 0 Å². The molecule has 2 atom stereocenters. The summed E-state index contributed by atoms with van der Waals surface area (Å²) in [5.74, 6) is -0.895. The van der Waals surface area contributed by atoms with Crippen molar-refractivity contribution >= 4 is 17.7 Å². The lowest BCUT2D eigenvalue weighted by Gasteiger charge is -2.30. The zero-order valence-electron chi connectivity index (χ0n) is 10.4. The van der Waals surface area contributed by atoms with Gasteiger partial charge in [-0.05, 0) is 31.2 Å². The molecule has 0 aliphatic heterocycles. The molecule has 0 spiro atoms. The van der Waals surface area contributed by atoms with Crippen LogP contribution in [0.1, 0.15) is 36.2 Å². The predicted octanol–water partition coefficient (Wildman–Crippen LogP) is 2.62. The number of amides is 1. The highest BCUT2D eigenvalue weighted by atomic mass is 32.2. The summed E-state index contributed by atoms with van der Waals surface area (Å²) in [6, 6.07) is 4.45. The molecule has 3 nitrogen and oxygen atoms in total. The molecule has 0 radical (unpaired) electrons. The molecule has 1 amide bonds. The molecule has 18 heavy (non-hydrogen) atoms. The summed E-state index contributed by atoms with van der Waals surface area (Å²) in [5.41, 5.74) is 0.153. The Hall–Kier alpha value is -1.10. The average Bonchev–Trinajstić information content (AvgIpc) is 2.39. The van der Waals surface area contributed by atoms with E-state index in [1.807, 2.05) is 0 Å². The molecule has 0 aromatic carbocycles. The van der Waals surface area contributed by atoms with Gasteiger partial charge in [-0.2, -0.15) is 16.2 Å². The zero-order chi connectivity index (χ0) is 13.0. The van der Waals surface area contributed by atoms with Crippen LogP contribution in [0, 0.1) is 5.95 Å². The molecule has 1 saturated carbocycles. The van der Waals surface area contributed by atoms with Gasteiger partial charge < -0.3 is 5.32 Å². The summed E-state index contributed by atoms with van der Waals surface area (Å²) in [7, 11) is 0. The number of aromatic nitrogens is 1. The van der Waals surface area contributed by atoms with Crippen LogP contribution in [0.15, 0.2) is 18.2 Å². The minimum atomic E-state index is -0.618. The third-order valence-corrected chi connectivity index (χ3v) is 4.44. The van der Waals surface area contributed by atoms with Crippen LogP contribution in [-0.4, -0.2) is 28.4 Å². The average molecular weight is 268 g/mol. The van der Waals surface area contributed by atoms with Gasteiger partial charge in [0.25, 0.3) is 5.91 Å². The van der Waals surface area contributed by atoms with E-state index >= 15 is 0 Å². The zero-order valence-corrected chi connectivity index (χ0v) is 11.2. The summed E-state index contributed by atoms with van der Waals surface area (Å²) < 4.78 is 13.0. The molecule has 98 valence electrons. The lowest BCUT2D eigenvalue weighted by molar-refractivity contribution is 0.0923. The minimum Gasteiger partial charge on any atom is -0.347 e. The Morgan fingerprint density at radius 2 is 2.22 bits per heavy atom. The fraction of sp³-hybridized carbons (Fsp3) is 0.538. The van der Waals surface area contributed by atoms with Crippen molar-refractivity contribution in [2.24, 2.45) is 0 Å². The van der Waals surface area contributed by atoms with E-state index in [2.05, 4.69) is 16.6 Å². The molecule has 1 aliphatic carbocycles. The number of carbonyl (C=O) groups is 1. The Kier molecular flexibility index (Phi) is 4.58. The SMILES string of the molecule is CSC1CCCCC1NC(=O)c1cccc(F)n1. The first-order valence-electron chi connectivity index (χ1n) is 6.17. The summed E-state index contributed by atoms with van der Waals surface area (Å²) in [5, 5.41) is 3.43. The number of nitrogens with one attached hydrogen (secondary N) is 1. The van der Waals surface area contributed by atoms with Gasteiger partial charge in [-0.15, -0.1) is 0 Å². The highest BCUT2D eigenvalue weighted by molar-refractivity contribution is 7.99. The van der Waals surface area contributed by atoms with Crippen molar-refractivity contribution in [3.05, 3.63) is 29.8 Å². The maximum Gasteiger partial charge on any atom is 0.270 e. The summed E-state index contributed by atoms with van der Waals surface area (Å²) >= 11 is 1.78. The maximum atomic E-state index is 13.0. The molecule has 0 bridgehead atoms. The lowest BCUT2D eigenvalue weighted by atomic mass is 9.95. The van der Waals surface area contributed by atoms with E-state index in [1.165, 1.54) is 24.6 Å². The van der Waals surface area contributed by atoms with Crippen LogP contribution in [0.25, 0.3) is 0 Å². The van der Waals surface area contributed by atoms with Gasteiger partial charge >= 0.3 is 0 Å². The second-order valence-corrected chi connectivity index (χ2v) is 5.56. The van der Waals surface area contributed by atoms with Crippen molar-refractivity contribution < 1.29 is 9.18 Å². The first-order valence-corrected chi connectivity index (χ1v) is 7.45. The molecule has 1 N–H and O–H groups in total. The van der Waals surface area contributed by atoms with Crippen LogP contribution < -0.4 is 5.32 Å². The third-order valence-electron chi connectivity index (χ3n) is 3.27. The van der Waals surface area contributed by atoms with Gasteiger partial charge in [-0.3, -0.25) is 4.79 Å². The molecule has 0 saturated heterocycles. The van der Waals surface area contributed by atoms with Crippen LogP contribution in [-0.2, 0) is 0 Å². The summed E-state index contributed by atoms with van der Waals surface area (Å²) in [6.45, 7) is 0. The van der Waals surface area contributed by atoms with Gasteiger partial charge in [0.1, 0.15) is 5.69 Å². The second kappa shape index (κ2) is 6.18. The Morgan fingerprint density at radius 1 is 1.44 bits per heavy atom. The van der Waals surface area contributed by atoms with Crippen LogP contribution in [0.3, 0.4) is 0 Å². The van der Waals surface area contributed by atoms with Crippen LogP contribution in [0.4, 0.5) is 4.39 Å². The number of hydrogen-bond donors (Lipinski definition) is 1. The van der Waals surface area contributed by atoms with Gasteiger partial charge in [0.2, 0.25) is 5.95 Å². The van der Waals surface area contributed by atoms with Crippen molar-refractivity contribution in [2.75, 3.05) is 6.26 Å². The monoisotopic (exact) mass is 268 g/mol. The Balaban J connectivity index is 2.02. The topological polar surface area (TPSA) is 42.0 Å². The molecule has 2 rings (SSSR count). The number of rotatable bonds is 3. The molecule has 1 aromatic rings. The Bertz CT molecular complexity index is 427. The predicted molar refractivity (Wildman–Crippen MR) is 71.2 cm³/mol. The lowest BCUT2D eigenvalue weighted by Crippen LogP contribution is -2.43. The highest BCUT2D eigenvalue weighted by Crippen LogP contribution is 2.27. The normalized spacial score (nSPS) is 23.7. The van der Waals surface area contributed by atoms with Gasteiger partial charge in [-0.1, -0.05) is 18.9 Å². The van der Waals surface area contributed by atoms with E-state index in [9.17, 15) is 9.18 Å². The van der Waals surface area contributed by atoms with Crippen molar-refractivity contribution in [3.8, 4) is 0 Å². The highest BCUT2D eigenvalue weighted by Gasteiger charge is 2.26. The smallest absolute Gasteiger partial charge is 0.270 e. The quantitative estimate of drug-likeness (QED) is 0.857. The molecule has 1 aromatic heterocycles. The standard InChI is InChI=1S/C13H17FN2OS/c1-18-11-7-3-2-5-9(11)16-13(17)10-6-4-8-12(14)15-10/h4,6,8-9,11H,2-3,5,7H2,1H3,(H,16,17). The van der Waals surface area contributed by atoms with Gasteiger partial charge in [0.05, 0.1) is 0 Å². The molecular formula is C13H17FN2OS. The van der Waals surface area contributed by atoms with Gasteiger partial charge in [-0.25, -0.2) is 4.98 Å². The largest absolute Gasteiger partial charge is 0.347 e. The number of halogens is 1. The molecular weight excluding hydrogens is 251 g/mol. The Labute approximate surface area is 111 Å². The van der Waals surface area contributed by atoms with Crippen molar-refractivity contribution in [1.29, 1.82) is 0 Å². The molecule has 2 unspecified atom stereocenters. The van der Waals surface area contributed by atoms with Crippen molar-refractivity contribution in [2.45, 2.75) is 37.0 Å². The van der Waals surface area contributed by atoms with E-state index in [4.69, 9.17) is 0 Å². The van der Waals surface area contributed by atoms with E-state index in [-0.39, 0.29) is 17.6 Å². The molecule has 1 heterocycles. The first kappa shape index (κ1) is 13.3. The van der Waals surface area contributed by atoms with Crippen LogP contribution in [0.2, 0.25) is 0 Å². The van der Waals surface area contributed by atoms with E-state index < -0.39 is 5.95 Å². The first-order chi connectivity index (χ1) is 8.70. The summed E-state index contributed by atoms with van der Waals surface area (Å²) in [6.07, 6.45) is 6.54. The number of nitrogens with zero attached hydrogens (tertiary/aromatic N) is 1. The minimum absolute atomic E-state index is 0.153. The fourth-order valence-corrected chi connectivity index (χ4v) is 3.26.